The molecule has 0 aromatic heterocycles. The first-order chi connectivity index (χ1) is 9.49. The van der Waals surface area contributed by atoms with E-state index < -0.39 is 0 Å². The van der Waals surface area contributed by atoms with Gasteiger partial charge in [0.05, 0.1) is 6.61 Å². The van der Waals surface area contributed by atoms with Gasteiger partial charge < -0.3 is 4.74 Å². The second-order valence-electron chi connectivity index (χ2n) is 5.41. The fourth-order valence-corrected chi connectivity index (χ4v) is 1.65. The van der Waals surface area contributed by atoms with Gasteiger partial charge in [0.15, 0.2) is 5.78 Å². The zero-order valence-corrected chi connectivity index (χ0v) is 12.9. The number of ether oxygens (including phenoxy) is 1. The van der Waals surface area contributed by atoms with Crippen molar-refractivity contribution in [1.29, 1.82) is 0 Å². The SMILES string of the molecule is CC(C)=CCOCC(=O)c1cccc(CC=C(C)C)c1. The lowest BCUT2D eigenvalue weighted by Crippen LogP contribution is -2.09. The summed E-state index contributed by atoms with van der Waals surface area (Å²) in [4.78, 5) is 12.0. The molecule has 0 amide bonds. The third-order valence-corrected chi connectivity index (χ3v) is 2.84. The fourth-order valence-electron chi connectivity index (χ4n) is 1.65. The molecule has 0 atom stereocenters. The maximum atomic E-state index is 12.0. The maximum Gasteiger partial charge on any atom is 0.188 e. The van der Waals surface area contributed by atoms with Gasteiger partial charge in [-0.3, -0.25) is 4.79 Å². The summed E-state index contributed by atoms with van der Waals surface area (Å²) in [7, 11) is 0. The normalized spacial score (nSPS) is 10.0. The van der Waals surface area contributed by atoms with Crippen LogP contribution in [0.2, 0.25) is 0 Å². The van der Waals surface area contributed by atoms with Crippen LogP contribution in [0.25, 0.3) is 0 Å². The number of carbonyl (C=O) groups excluding carboxylic acids is 1. The van der Waals surface area contributed by atoms with Crippen LogP contribution in [-0.2, 0) is 11.2 Å². The summed E-state index contributed by atoms with van der Waals surface area (Å²) in [5.74, 6) is 0.0335. The van der Waals surface area contributed by atoms with Crippen molar-refractivity contribution in [3.63, 3.8) is 0 Å². The Morgan fingerprint density at radius 2 is 1.80 bits per heavy atom. The number of benzene rings is 1. The molecule has 2 nitrogen and oxygen atoms in total. The number of rotatable bonds is 7. The van der Waals surface area contributed by atoms with Crippen molar-refractivity contribution in [2.45, 2.75) is 34.1 Å². The lowest BCUT2D eigenvalue weighted by Gasteiger charge is -2.04. The number of hydrogen-bond acceptors (Lipinski definition) is 2. The van der Waals surface area contributed by atoms with E-state index >= 15 is 0 Å². The molecule has 0 aliphatic rings. The van der Waals surface area contributed by atoms with Crippen LogP contribution in [0, 0.1) is 0 Å². The van der Waals surface area contributed by atoms with Crippen LogP contribution in [0.15, 0.2) is 47.6 Å². The van der Waals surface area contributed by atoms with E-state index in [1.165, 1.54) is 11.1 Å². The third-order valence-electron chi connectivity index (χ3n) is 2.84. The smallest absolute Gasteiger partial charge is 0.188 e. The molecule has 0 saturated carbocycles. The zero-order valence-electron chi connectivity index (χ0n) is 12.9. The van der Waals surface area contributed by atoms with E-state index in [2.05, 4.69) is 19.9 Å². The van der Waals surface area contributed by atoms with Gasteiger partial charge in [-0.05, 0) is 45.7 Å². The average Bonchev–Trinajstić information content (AvgIpc) is 2.41. The van der Waals surface area contributed by atoms with E-state index in [1.54, 1.807) is 0 Å². The van der Waals surface area contributed by atoms with Gasteiger partial charge in [0, 0.05) is 5.56 Å². The Kier molecular flexibility index (Phi) is 6.96. The van der Waals surface area contributed by atoms with E-state index in [1.807, 2.05) is 44.2 Å². The predicted molar refractivity (Wildman–Crippen MR) is 84.2 cm³/mol. The van der Waals surface area contributed by atoms with Crippen molar-refractivity contribution in [2.75, 3.05) is 13.2 Å². The van der Waals surface area contributed by atoms with Gasteiger partial charge in [0.2, 0.25) is 0 Å². The lowest BCUT2D eigenvalue weighted by atomic mass is 10.0. The van der Waals surface area contributed by atoms with Gasteiger partial charge >= 0.3 is 0 Å². The Labute approximate surface area is 122 Å². The highest BCUT2D eigenvalue weighted by Crippen LogP contribution is 2.09. The zero-order chi connectivity index (χ0) is 15.0. The van der Waals surface area contributed by atoms with Crippen molar-refractivity contribution in [3.8, 4) is 0 Å². The molecule has 0 aliphatic heterocycles. The number of ketones is 1. The average molecular weight is 272 g/mol. The van der Waals surface area contributed by atoms with E-state index in [-0.39, 0.29) is 12.4 Å². The molecule has 20 heavy (non-hydrogen) atoms. The molecule has 0 bridgehead atoms. The van der Waals surface area contributed by atoms with E-state index in [0.717, 1.165) is 17.5 Å². The minimum atomic E-state index is 0.0335. The van der Waals surface area contributed by atoms with Gasteiger partial charge in [-0.1, -0.05) is 41.5 Å². The third kappa shape index (κ3) is 6.48. The Hall–Kier alpha value is -1.67. The number of hydrogen-bond donors (Lipinski definition) is 0. The Balaban J connectivity index is 2.58. The van der Waals surface area contributed by atoms with Crippen LogP contribution < -0.4 is 0 Å². The van der Waals surface area contributed by atoms with Crippen LogP contribution in [0.4, 0.5) is 0 Å². The van der Waals surface area contributed by atoms with E-state index in [9.17, 15) is 4.79 Å². The lowest BCUT2D eigenvalue weighted by molar-refractivity contribution is 0.0805. The highest BCUT2D eigenvalue weighted by molar-refractivity contribution is 5.97. The minimum absolute atomic E-state index is 0.0335. The topological polar surface area (TPSA) is 26.3 Å². The molecule has 0 saturated heterocycles. The Morgan fingerprint density at radius 3 is 2.45 bits per heavy atom. The molecule has 0 fully saturated rings. The van der Waals surface area contributed by atoms with Gasteiger partial charge in [-0.15, -0.1) is 0 Å². The van der Waals surface area contributed by atoms with E-state index in [0.29, 0.717) is 6.61 Å². The molecule has 1 rings (SSSR count). The van der Waals surface area contributed by atoms with Crippen LogP contribution in [-0.4, -0.2) is 19.0 Å². The van der Waals surface area contributed by atoms with Crippen molar-refractivity contribution in [2.24, 2.45) is 0 Å². The first-order valence-electron chi connectivity index (χ1n) is 6.95. The second kappa shape index (κ2) is 8.49. The Morgan fingerprint density at radius 1 is 1.10 bits per heavy atom. The Bertz CT molecular complexity index is 502. The molecule has 0 unspecified atom stereocenters. The summed E-state index contributed by atoms with van der Waals surface area (Å²) in [5, 5.41) is 0. The summed E-state index contributed by atoms with van der Waals surface area (Å²) in [6, 6.07) is 7.77. The highest BCUT2D eigenvalue weighted by Gasteiger charge is 2.06. The molecule has 0 N–H and O–H groups in total. The minimum Gasteiger partial charge on any atom is -0.369 e. The summed E-state index contributed by atoms with van der Waals surface area (Å²) >= 11 is 0. The van der Waals surface area contributed by atoms with Gasteiger partial charge in [0.25, 0.3) is 0 Å². The van der Waals surface area contributed by atoms with Gasteiger partial charge in [-0.2, -0.15) is 0 Å². The van der Waals surface area contributed by atoms with Crippen LogP contribution in [0.1, 0.15) is 43.6 Å². The predicted octanol–water partition coefficient (Wildman–Crippen LogP) is 4.36. The van der Waals surface area contributed by atoms with Crippen molar-refractivity contribution in [3.05, 3.63) is 58.7 Å². The molecular weight excluding hydrogens is 248 g/mol. The van der Waals surface area contributed by atoms with Crippen molar-refractivity contribution in [1.82, 2.24) is 0 Å². The number of allylic oxidation sites excluding steroid dienone is 3. The monoisotopic (exact) mass is 272 g/mol. The molecule has 1 aromatic rings. The second-order valence-corrected chi connectivity index (χ2v) is 5.41. The fraction of sp³-hybridized carbons (Fsp3) is 0.389. The molecule has 1 aromatic carbocycles. The van der Waals surface area contributed by atoms with Crippen LogP contribution >= 0.6 is 0 Å². The molecule has 0 aliphatic carbocycles. The number of Topliss-reactive ketones (excluding diaryl/α,β-unsaturated/α-hetero) is 1. The molecule has 0 spiro atoms. The van der Waals surface area contributed by atoms with Crippen molar-refractivity contribution >= 4 is 5.78 Å². The molecule has 2 heteroatoms. The first kappa shape index (κ1) is 16.4. The van der Waals surface area contributed by atoms with Crippen molar-refractivity contribution < 1.29 is 9.53 Å². The first-order valence-corrected chi connectivity index (χ1v) is 6.95. The molecule has 108 valence electrons. The van der Waals surface area contributed by atoms with Gasteiger partial charge in [-0.25, -0.2) is 0 Å². The van der Waals surface area contributed by atoms with Crippen LogP contribution in [0.5, 0.6) is 0 Å². The quantitative estimate of drug-likeness (QED) is 0.419. The van der Waals surface area contributed by atoms with Gasteiger partial charge in [0.1, 0.15) is 6.61 Å². The maximum absolute atomic E-state index is 12.0. The van der Waals surface area contributed by atoms with Crippen LogP contribution in [0.3, 0.4) is 0 Å². The summed E-state index contributed by atoms with van der Waals surface area (Å²) in [6.07, 6.45) is 5.00. The highest BCUT2D eigenvalue weighted by atomic mass is 16.5. The largest absolute Gasteiger partial charge is 0.369 e. The number of carbonyl (C=O) groups is 1. The van der Waals surface area contributed by atoms with E-state index in [4.69, 9.17) is 4.74 Å². The molecule has 0 radical (unpaired) electrons. The molecular formula is C18H24O2. The standard InChI is InChI=1S/C18H24O2/c1-14(2)8-9-16-6-5-7-17(12-16)18(19)13-20-11-10-15(3)4/h5-8,10,12H,9,11,13H2,1-4H3. The summed E-state index contributed by atoms with van der Waals surface area (Å²) in [6.45, 7) is 8.80. The summed E-state index contributed by atoms with van der Waals surface area (Å²) in [5.41, 5.74) is 4.36. The molecule has 0 heterocycles. The summed E-state index contributed by atoms with van der Waals surface area (Å²) < 4.78 is 5.36.